The Kier molecular flexibility index (Phi) is 7.56. The Morgan fingerprint density at radius 1 is 1.18 bits per heavy atom. The Bertz CT molecular complexity index is 1400. The summed E-state index contributed by atoms with van der Waals surface area (Å²) in [6, 6.07) is 6.47. The van der Waals surface area contributed by atoms with Crippen LogP contribution in [0.25, 0.3) is 11.0 Å². The second kappa shape index (κ2) is 10.8. The van der Waals surface area contributed by atoms with Gasteiger partial charge in [-0.3, -0.25) is 14.5 Å². The van der Waals surface area contributed by atoms with E-state index in [9.17, 15) is 9.59 Å². The van der Waals surface area contributed by atoms with Crippen molar-refractivity contribution < 1.29 is 9.59 Å². The summed E-state index contributed by atoms with van der Waals surface area (Å²) in [7, 11) is 3.53. The number of carbonyl (C=O) groups excluding carboxylic acids is 2. The molecule has 0 radical (unpaired) electrons. The first-order valence-electron chi connectivity index (χ1n) is 14.5. The van der Waals surface area contributed by atoms with E-state index in [0.29, 0.717) is 41.8 Å². The number of fused-ring (bicyclic) bond motifs is 2. The van der Waals surface area contributed by atoms with E-state index < -0.39 is 0 Å². The number of carbonyl (C=O) groups is 2. The Morgan fingerprint density at radius 2 is 1.95 bits per heavy atom. The molecule has 0 spiro atoms. The fraction of sp³-hybridized carbons (Fsp3) is 0.567. The lowest BCUT2D eigenvalue weighted by Gasteiger charge is -2.48. The number of aromatic nitrogens is 4. The van der Waals surface area contributed by atoms with E-state index in [1.54, 1.807) is 37.5 Å². The third-order valence-electron chi connectivity index (χ3n) is 8.78. The van der Waals surface area contributed by atoms with Crippen LogP contribution in [-0.2, 0) is 0 Å². The SMILES string of the molecule is CCCC(CC)n1c(C(=O)N(C)C)cc2cnc(Nc3ccc(C(=O)N4CN(C(C)C)C5CCC54C)cn3)nc21. The summed E-state index contributed by atoms with van der Waals surface area (Å²) in [5, 5.41) is 4.01. The van der Waals surface area contributed by atoms with Crippen molar-refractivity contribution in [1.82, 2.24) is 34.2 Å². The Balaban J connectivity index is 1.39. The second-order valence-electron chi connectivity index (χ2n) is 11.9. The first kappa shape index (κ1) is 28.0. The highest BCUT2D eigenvalue weighted by molar-refractivity contribution is 5.98. The van der Waals surface area contributed by atoms with Crippen molar-refractivity contribution in [3.05, 3.63) is 41.9 Å². The molecule has 0 aromatic carbocycles. The van der Waals surface area contributed by atoms with Crippen LogP contribution < -0.4 is 5.32 Å². The van der Waals surface area contributed by atoms with Crippen molar-refractivity contribution in [3.63, 3.8) is 0 Å². The molecule has 214 valence electrons. The highest BCUT2D eigenvalue weighted by Crippen LogP contribution is 2.47. The number of rotatable bonds is 9. The van der Waals surface area contributed by atoms with Gasteiger partial charge in [-0.25, -0.2) is 9.97 Å². The maximum Gasteiger partial charge on any atom is 0.270 e. The number of nitrogens with one attached hydrogen (secondary N) is 1. The van der Waals surface area contributed by atoms with Crippen LogP contribution in [0.1, 0.15) is 93.6 Å². The molecular formula is C30H42N8O2. The van der Waals surface area contributed by atoms with Crippen molar-refractivity contribution >= 4 is 34.6 Å². The van der Waals surface area contributed by atoms with Gasteiger partial charge in [0.2, 0.25) is 5.95 Å². The van der Waals surface area contributed by atoms with Gasteiger partial charge in [-0.05, 0) is 64.7 Å². The summed E-state index contributed by atoms with van der Waals surface area (Å²) in [6.07, 6.45) is 8.38. The first-order chi connectivity index (χ1) is 19.1. The summed E-state index contributed by atoms with van der Waals surface area (Å²) >= 11 is 0. The Morgan fingerprint density at radius 3 is 2.50 bits per heavy atom. The third-order valence-corrected chi connectivity index (χ3v) is 8.78. The summed E-state index contributed by atoms with van der Waals surface area (Å²) < 4.78 is 2.06. The lowest BCUT2D eigenvalue weighted by Crippen LogP contribution is -2.58. The molecule has 3 unspecified atom stereocenters. The zero-order valence-electron chi connectivity index (χ0n) is 24.8. The smallest absolute Gasteiger partial charge is 0.270 e. The van der Waals surface area contributed by atoms with Gasteiger partial charge in [0.15, 0.2) is 0 Å². The van der Waals surface area contributed by atoms with Crippen LogP contribution in [0.2, 0.25) is 0 Å². The van der Waals surface area contributed by atoms with Gasteiger partial charge in [0.05, 0.1) is 17.8 Å². The van der Waals surface area contributed by atoms with Crippen LogP contribution in [0.3, 0.4) is 0 Å². The largest absolute Gasteiger partial charge is 0.343 e. The topological polar surface area (TPSA) is 99.5 Å². The van der Waals surface area contributed by atoms with Gasteiger partial charge in [-0.15, -0.1) is 0 Å². The molecule has 2 fully saturated rings. The molecule has 4 heterocycles. The van der Waals surface area contributed by atoms with Gasteiger partial charge >= 0.3 is 0 Å². The predicted molar refractivity (Wildman–Crippen MR) is 157 cm³/mol. The summed E-state index contributed by atoms with van der Waals surface area (Å²) in [4.78, 5) is 46.4. The van der Waals surface area contributed by atoms with Gasteiger partial charge in [0.25, 0.3) is 11.8 Å². The fourth-order valence-electron chi connectivity index (χ4n) is 6.32. The molecule has 1 aliphatic heterocycles. The lowest BCUT2D eigenvalue weighted by molar-refractivity contribution is 0.0378. The zero-order chi connectivity index (χ0) is 28.8. The molecule has 1 aliphatic carbocycles. The maximum absolute atomic E-state index is 13.5. The molecule has 1 saturated heterocycles. The highest BCUT2D eigenvalue weighted by Gasteiger charge is 2.57. The van der Waals surface area contributed by atoms with Crippen molar-refractivity contribution in [2.75, 3.05) is 26.1 Å². The normalized spacial score (nSPS) is 21.4. The van der Waals surface area contributed by atoms with E-state index in [0.717, 1.165) is 43.1 Å². The van der Waals surface area contributed by atoms with E-state index in [4.69, 9.17) is 4.98 Å². The minimum atomic E-state index is -0.114. The maximum atomic E-state index is 13.5. The van der Waals surface area contributed by atoms with Crippen molar-refractivity contribution in [2.24, 2.45) is 0 Å². The molecule has 5 rings (SSSR count). The van der Waals surface area contributed by atoms with E-state index in [-0.39, 0.29) is 23.4 Å². The molecule has 3 atom stereocenters. The molecule has 3 aromatic heterocycles. The summed E-state index contributed by atoms with van der Waals surface area (Å²) in [6.45, 7) is 11.5. The average molecular weight is 547 g/mol. The monoisotopic (exact) mass is 546 g/mol. The van der Waals surface area contributed by atoms with E-state index in [1.165, 1.54) is 0 Å². The first-order valence-corrected chi connectivity index (χ1v) is 14.5. The summed E-state index contributed by atoms with van der Waals surface area (Å²) in [5.74, 6) is 0.910. The minimum Gasteiger partial charge on any atom is -0.343 e. The van der Waals surface area contributed by atoms with Crippen LogP contribution in [0, 0.1) is 0 Å². The van der Waals surface area contributed by atoms with Gasteiger partial charge in [0, 0.05) is 50.0 Å². The number of pyridine rings is 1. The summed E-state index contributed by atoms with van der Waals surface area (Å²) in [5.41, 5.74) is 1.80. The van der Waals surface area contributed by atoms with Crippen molar-refractivity contribution in [1.29, 1.82) is 0 Å². The number of anilines is 2. The standard InChI is InChI=1S/C30H42N8O2/c1-8-10-22(9-2)38-23(28(40)35(6)7)15-21-17-32-29(34-26(21)38)33-25-12-11-20(16-31-25)27(39)37-18-36(19(3)4)24-13-14-30(24,37)5/h11-12,15-17,19,22,24H,8-10,13-14,18H2,1-7H3,(H,31,32,33,34). The highest BCUT2D eigenvalue weighted by atomic mass is 16.2. The molecule has 1 saturated carbocycles. The van der Waals surface area contributed by atoms with Gasteiger partial charge in [-0.1, -0.05) is 20.3 Å². The van der Waals surface area contributed by atoms with E-state index in [1.807, 2.05) is 17.0 Å². The number of nitrogens with zero attached hydrogens (tertiary/aromatic N) is 7. The van der Waals surface area contributed by atoms with Crippen LogP contribution in [0.4, 0.5) is 11.8 Å². The van der Waals surface area contributed by atoms with Crippen LogP contribution in [-0.4, -0.2) is 84.4 Å². The molecule has 0 bridgehead atoms. The van der Waals surface area contributed by atoms with Crippen molar-refractivity contribution in [3.8, 4) is 0 Å². The molecular weight excluding hydrogens is 504 g/mol. The lowest BCUT2D eigenvalue weighted by atomic mass is 9.72. The third kappa shape index (κ3) is 4.72. The van der Waals surface area contributed by atoms with Gasteiger partial charge in [-0.2, -0.15) is 4.98 Å². The molecule has 40 heavy (non-hydrogen) atoms. The Hall–Kier alpha value is -3.53. The second-order valence-corrected chi connectivity index (χ2v) is 11.9. The van der Waals surface area contributed by atoms with Crippen LogP contribution in [0.15, 0.2) is 30.6 Å². The molecule has 10 nitrogen and oxygen atoms in total. The molecule has 10 heteroatoms. The minimum absolute atomic E-state index is 0.0181. The molecule has 1 N–H and O–H groups in total. The molecule has 3 aromatic rings. The van der Waals surface area contributed by atoms with Crippen LogP contribution in [0.5, 0.6) is 0 Å². The number of amides is 2. The van der Waals surface area contributed by atoms with Crippen molar-refractivity contribution in [2.45, 2.75) is 90.4 Å². The van der Waals surface area contributed by atoms with Gasteiger partial charge in [0.1, 0.15) is 17.2 Å². The fourth-order valence-corrected chi connectivity index (χ4v) is 6.32. The predicted octanol–water partition coefficient (Wildman–Crippen LogP) is 5.07. The van der Waals surface area contributed by atoms with Crippen LogP contribution >= 0.6 is 0 Å². The average Bonchev–Trinajstić information content (AvgIpc) is 3.39. The van der Waals surface area contributed by atoms with E-state index in [2.05, 4.69) is 59.4 Å². The zero-order valence-corrected chi connectivity index (χ0v) is 24.8. The Labute approximate surface area is 236 Å². The molecule has 2 amide bonds. The van der Waals surface area contributed by atoms with Gasteiger partial charge < -0.3 is 19.7 Å². The molecule has 2 aliphatic rings. The number of hydrogen-bond donors (Lipinski definition) is 1. The quantitative estimate of drug-likeness (QED) is 0.400. The number of hydrogen-bond acceptors (Lipinski definition) is 7. The van der Waals surface area contributed by atoms with E-state index >= 15 is 0 Å².